The van der Waals surface area contributed by atoms with Crippen LogP contribution in [0.4, 0.5) is 5.69 Å². The number of hydrazone groups is 1. The summed E-state index contributed by atoms with van der Waals surface area (Å²) >= 11 is 3.36. The van der Waals surface area contributed by atoms with Crippen molar-refractivity contribution in [2.24, 2.45) is 5.10 Å². The van der Waals surface area contributed by atoms with Crippen LogP contribution in [0.3, 0.4) is 0 Å². The molecule has 0 amide bonds. The normalized spacial score (nSPS) is 12.0. The standard InChI is InChI=1S/C15H14BrN3O4S/c1-10-7-8-12(9-15(10)19(20)21)24(22,23)18-17-11(2)13-5-3-4-6-14(13)16/h3-9,18H,1-2H3. The third-order valence-electron chi connectivity index (χ3n) is 3.28. The van der Waals surface area contributed by atoms with Crippen molar-refractivity contribution in [1.82, 2.24) is 4.83 Å². The van der Waals surface area contributed by atoms with E-state index in [1.54, 1.807) is 19.1 Å². The number of nitrogens with zero attached hydrogens (tertiary/aromatic N) is 2. The number of aryl methyl sites for hydroxylation is 1. The van der Waals surface area contributed by atoms with Gasteiger partial charge in [0.2, 0.25) is 0 Å². The molecule has 0 heterocycles. The SMILES string of the molecule is CC(=NNS(=O)(=O)c1ccc(C)c([N+](=O)[O-])c1)c1ccccc1Br. The van der Waals surface area contributed by atoms with Crippen molar-refractivity contribution in [3.63, 3.8) is 0 Å². The number of nitro groups is 1. The lowest BCUT2D eigenvalue weighted by Gasteiger charge is -2.07. The summed E-state index contributed by atoms with van der Waals surface area (Å²) in [6.45, 7) is 3.19. The number of benzene rings is 2. The number of nitro benzene ring substituents is 1. The number of hydrogen-bond acceptors (Lipinski definition) is 5. The van der Waals surface area contributed by atoms with E-state index in [1.165, 1.54) is 19.1 Å². The van der Waals surface area contributed by atoms with Gasteiger partial charge in [0.05, 0.1) is 15.5 Å². The van der Waals surface area contributed by atoms with Gasteiger partial charge in [-0.1, -0.05) is 40.2 Å². The molecule has 0 atom stereocenters. The van der Waals surface area contributed by atoms with Crippen LogP contribution in [0, 0.1) is 17.0 Å². The van der Waals surface area contributed by atoms with Gasteiger partial charge in [-0.2, -0.15) is 18.4 Å². The molecule has 2 aromatic rings. The number of sulfonamides is 1. The minimum atomic E-state index is -4.01. The van der Waals surface area contributed by atoms with Crippen LogP contribution in [0.1, 0.15) is 18.1 Å². The molecule has 0 aliphatic heterocycles. The summed E-state index contributed by atoms with van der Waals surface area (Å²) in [5, 5.41) is 14.8. The van der Waals surface area contributed by atoms with Crippen molar-refractivity contribution in [2.45, 2.75) is 18.7 Å². The predicted octanol–water partition coefficient (Wildman–Crippen LogP) is 3.37. The summed E-state index contributed by atoms with van der Waals surface area (Å²) in [4.78, 5) is 12.2. The molecule has 9 heteroatoms. The molecule has 0 saturated heterocycles. The van der Waals surface area contributed by atoms with Crippen molar-refractivity contribution in [3.8, 4) is 0 Å². The van der Waals surface area contributed by atoms with Gasteiger partial charge in [-0.3, -0.25) is 10.1 Å². The van der Waals surface area contributed by atoms with Gasteiger partial charge in [0.15, 0.2) is 0 Å². The van der Waals surface area contributed by atoms with Crippen LogP contribution in [-0.4, -0.2) is 19.1 Å². The fourth-order valence-electron chi connectivity index (χ4n) is 1.95. The second kappa shape index (κ2) is 7.10. The molecule has 0 fully saturated rings. The van der Waals surface area contributed by atoms with Gasteiger partial charge in [0.25, 0.3) is 15.7 Å². The zero-order valence-electron chi connectivity index (χ0n) is 12.9. The Balaban J connectivity index is 2.32. The van der Waals surface area contributed by atoms with Crippen LogP contribution < -0.4 is 4.83 Å². The summed E-state index contributed by atoms with van der Waals surface area (Å²) < 4.78 is 25.3. The largest absolute Gasteiger partial charge is 0.276 e. The van der Waals surface area contributed by atoms with Crippen LogP contribution in [0.15, 0.2) is 56.9 Å². The highest BCUT2D eigenvalue weighted by Crippen LogP contribution is 2.22. The van der Waals surface area contributed by atoms with E-state index in [-0.39, 0.29) is 10.6 Å². The average Bonchev–Trinajstić information content (AvgIpc) is 2.53. The highest BCUT2D eigenvalue weighted by Gasteiger charge is 2.19. The van der Waals surface area contributed by atoms with E-state index in [1.807, 2.05) is 12.1 Å². The smallest absolute Gasteiger partial charge is 0.258 e. The van der Waals surface area contributed by atoms with E-state index < -0.39 is 14.9 Å². The molecule has 24 heavy (non-hydrogen) atoms. The molecule has 7 nitrogen and oxygen atoms in total. The van der Waals surface area contributed by atoms with E-state index in [9.17, 15) is 18.5 Å². The molecule has 0 spiro atoms. The summed E-state index contributed by atoms with van der Waals surface area (Å²) in [6, 6.07) is 10.9. The predicted molar refractivity (Wildman–Crippen MR) is 94.5 cm³/mol. The first-order valence-electron chi connectivity index (χ1n) is 6.78. The minimum Gasteiger partial charge on any atom is -0.258 e. The molecular weight excluding hydrogens is 398 g/mol. The van der Waals surface area contributed by atoms with Crippen molar-refractivity contribution in [2.75, 3.05) is 0 Å². The first-order valence-corrected chi connectivity index (χ1v) is 9.06. The maximum Gasteiger partial charge on any atom is 0.276 e. The Kier molecular flexibility index (Phi) is 5.35. The fourth-order valence-corrected chi connectivity index (χ4v) is 3.40. The first kappa shape index (κ1) is 18.1. The number of hydrogen-bond donors (Lipinski definition) is 1. The number of rotatable bonds is 5. The second-order valence-corrected chi connectivity index (χ2v) is 7.49. The zero-order chi connectivity index (χ0) is 17.9. The second-order valence-electron chi connectivity index (χ2n) is 4.98. The molecule has 0 radical (unpaired) electrons. The van der Waals surface area contributed by atoms with Gasteiger partial charge in [0, 0.05) is 21.7 Å². The van der Waals surface area contributed by atoms with E-state index in [0.717, 1.165) is 16.1 Å². The maximum absolute atomic E-state index is 12.3. The molecule has 2 rings (SSSR count). The van der Waals surface area contributed by atoms with Crippen LogP contribution >= 0.6 is 15.9 Å². The van der Waals surface area contributed by atoms with Crippen molar-refractivity contribution in [1.29, 1.82) is 0 Å². The van der Waals surface area contributed by atoms with Gasteiger partial charge in [0.1, 0.15) is 0 Å². The summed E-state index contributed by atoms with van der Waals surface area (Å²) in [7, 11) is -4.01. The topological polar surface area (TPSA) is 102 Å². The molecule has 126 valence electrons. The molecule has 0 aromatic heterocycles. The monoisotopic (exact) mass is 411 g/mol. The van der Waals surface area contributed by atoms with Crippen molar-refractivity contribution < 1.29 is 13.3 Å². The van der Waals surface area contributed by atoms with E-state index in [2.05, 4.69) is 25.9 Å². The Morgan fingerprint density at radius 3 is 2.54 bits per heavy atom. The Labute approximate surface area is 147 Å². The Morgan fingerprint density at radius 2 is 1.92 bits per heavy atom. The summed E-state index contributed by atoms with van der Waals surface area (Å²) in [5.74, 6) is 0. The fraction of sp³-hybridized carbons (Fsp3) is 0.133. The molecule has 0 aliphatic rings. The van der Waals surface area contributed by atoms with Crippen LogP contribution in [0.2, 0.25) is 0 Å². The van der Waals surface area contributed by atoms with Gasteiger partial charge < -0.3 is 0 Å². The average molecular weight is 412 g/mol. The van der Waals surface area contributed by atoms with Gasteiger partial charge in [-0.05, 0) is 26.0 Å². The third-order valence-corrected chi connectivity index (χ3v) is 5.18. The minimum absolute atomic E-state index is 0.219. The number of halogens is 1. The summed E-state index contributed by atoms with van der Waals surface area (Å²) in [6.07, 6.45) is 0. The van der Waals surface area contributed by atoms with Crippen LogP contribution in [0.25, 0.3) is 0 Å². The highest BCUT2D eigenvalue weighted by molar-refractivity contribution is 9.10. The number of nitrogens with one attached hydrogen (secondary N) is 1. The molecule has 2 aromatic carbocycles. The van der Waals surface area contributed by atoms with Crippen molar-refractivity contribution >= 4 is 37.4 Å². The lowest BCUT2D eigenvalue weighted by Crippen LogP contribution is -2.20. The maximum atomic E-state index is 12.3. The van der Waals surface area contributed by atoms with Gasteiger partial charge >= 0.3 is 0 Å². The van der Waals surface area contributed by atoms with Crippen LogP contribution in [-0.2, 0) is 10.0 Å². The Bertz CT molecular complexity index is 926. The third kappa shape index (κ3) is 3.98. The quantitative estimate of drug-likeness (QED) is 0.462. The van der Waals surface area contributed by atoms with Gasteiger partial charge in [-0.15, -0.1) is 0 Å². The molecule has 0 aliphatic carbocycles. The lowest BCUT2D eigenvalue weighted by atomic mass is 10.1. The Morgan fingerprint density at radius 1 is 1.25 bits per heavy atom. The van der Waals surface area contributed by atoms with Crippen molar-refractivity contribution in [3.05, 3.63) is 68.2 Å². The molecule has 0 saturated carbocycles. The Hall–Kier alpha value is -2.26. The van der Waals surface area contributed by atoms with E-state index in [0.29, 0.717) is 11.3 Å². The van der Waals surface area contributed by atoms with E-state index >= 15 is 0 Å². The molecule has 1 N–H and O–H groups in total. The first-order chi connectivity index (χ1) is 11.2. The van der Waals surface area contributed by atoms with Crippen LogP contribution in [0.5, 0.6) is 0 Å². The highest BCUT2D eigenvalue weighted by atomic mass is 79.9. The zero-order valence-corrected chi connectivity index (χ0v) is 15.3. The molecule has 0 bridgehead atoms. The molecular formula is C15H14BrN3O4S. The summed E-state index contributed by atoms with van der Waals surface area (Å²) in [5.41, 5.74) is 1.30. The van der Waals surface area contributed by atoms with E-state index in [4.69, 9.17) is 0 Å². The molecule has 0 unspecified atom stereocenters. The lowest BCUT2D eigenvalue weighted by molar-refractivity contribution is -0.385. The van der Waals surface area contributed by atoms with Gasteiger partial charge in [-0.25, -0.2) is 0 Å².